The van der Waals surface area contributed by atoms with Gasteiger partial charge in [-0.05, 0) is 37.0 Å². The second-order valence-corrected chi connectivity index (χ2v) is 8.61. The molecule has 1 fully saturated rings. The summed E-state index contributed by atoms with van der Waals surface area (Å²) in [5.74, 6) is 0.208. The van der Waals surface area contributed by atoms with Crippen molar-refractivity contribution >= 4 is 23.3 Å². The van der Waals surface area contributed by atoms with Gasteiger partial charge < -0.3 is 20.6 Å². The Kier molecular flexibility index (Phi) is 6.25. The van der Waals surface area contributed by atoms with Crippen LogP contribution in [0.4, 0.5) is 16.2 Å². The zero-order chi connectivity index (χ0) is 21.8. The van der Waals surface area contributed by atoms with E-state index in [0.29, 0.717) is 23.5 Å². The number of hydrogen-bond acceptors (Lipinski definition) is 3. The summed E-state index contributed by atoms with van der Waals surface area (Å²) in [4.78, 5) is 28.9. The monoisotopic (exact) mass is 423 g/mol. The number of likely N-dealkylation sites (tertiary alicyclic amines) is 1. The molecule has 164 valence electrons. The molecule has 2 aliphatic rings. The van der Waals surface area contributed by atoms with Gasteiger partial charge in [0.15, 0.2) is 0 Å². The maximum Gasteiger partial charge on any atom is 0.329 e. The first-order valence-corrected chi connectivity index (χ1v) is 11.1. The van der Waals surface area contributed by atoms with Crippen LogP contribution in [0.3, 0.4) is 0 Å². The molecule has 3 amide bonds. The van der Waals surface area contributed by atoms with Crippen molar-refractivity contribution in [3.05, 3.63) is 60.2 Å². The maximum atomic E-state index is 13.3. The predicted octanol–water partition coefficient (Wildman–Crippen LogP) is 1.70. The second-order valence-electron chi connectivity index (χ2n) is 8.61. The first kappa shape index (κ1) is 21.3. The highest BCUT2D eigenvalue weighted by atomic mass is 16.3. The van der Waals surface area contributed by atoms with Crippen LogP contribution < -0.4 is 20.4 Å². The summed E-state index contributed by atoms with van der Waals surface area (Å²) in [6.07, 6.45) is 3.32. The normalized spacial score (nSPS) is 25.5. The molecule has 0 spiro atoms. The van der Waals surface area contributed by atoms with Gasteiger partial charge >= 0.3 is 6.03 Å². The SMILES string of the molecule is CC1CC[NH+](CCCNC(=O)C2(O)c3ccccc3NC(=O)N2c2ccccc2)CC1. The Bertz CT molecular complexity index is 927. The molecule has 0 radical (unpaired) electrons. The number of rotatable bonds is 6. The van der Waals surface area contributed by atoms with Gasteiger partial charge in [-0.3, -0.25) is 9.69 Å². The van der Waals surface area contributed by atoms with E-state index < -0.39 is 17.7 Å². The summed E-state index contributed by atoms with van der Waals surface area (Å²) in [6.45, 7) is 6.09. The van der Waals surface area contributed by atoms with Crippen molar-refractivity contribution in [2.75, 3.05) is 36.4 Å². The van der Waals surface area contributed by atoms with Crippen molar-refractivity contribution in [1.29, 1.82) is 0 Å². The Labute approximate surface area is 183 Å². The molecule has 4 rings (SSSR count). The summed E-state index contributed by atoms with van der Waals surface area (Å²) in [6, 6.07) is 15.1. The van der Waals surface area contributed by atoms with Crippen LogP contribution in [0.15, 0.2) is 54.6 Å². The summed E-state index contributed by atoms with van der Waals surface area (Å²) >= 11 is 0. The molecular formula is C24H31N4O3+. The van der Waals surface area contributed by atoms with Gasteiger partial charge in [0.2, 0.25) is 0 Å². The fourth-order valence-corrected chi connectivity index (χ4v) is 4.52. The van der Waals surface area contributed by atoms with Crippen LogP contribution >= 0.6 is 0 Å². The third-order valence-electron chi connectivity index (χ3n) is 6.38. The smallest absolute Gasteiger partial charge is 0.329 e. The average molecular weight is 424 g/mol. The van der Waals surface area contributed by atoms with Crippen LogP contribution in [0.25, 0.3) is 0 Å². The first-order valence-electron chi connectivity index (χ1n) is 11.1. The van der Waals surface area contributed by atoms with Gasteiger partial charge in [-0.15, -0.1) is 0 Å². The highest BCUT2D eigenvalue weighted by Crippen LogP contribution is 2.39. The Hall–Kier alpha value is -2.90. The van der Waals surface area contributed by atoms with Crippen molar-refractivity contribution in [3.8, 4) is 0 Å². The molecule has 1 atom stereocenters. The van der Waals surface area contributed by atoms with Crippen molar-refractivity contribution in [1.82, 2.24) is 5.32 Å². The lowest BCUT2D eigenvalue weighted by atomic mass is 9.94. The molecule has 0 bridgehead atoms. The van der Waals surface area contributed by atoms with Crippen LogP contribution in [0.1, 0.15) is 31.7 Å². The molecule has 2 aromatic carbocycles. The molecule has 7 nitrogen and oxygen atoms in total. The standard InChI is InChI=1S/C24H30N4O3/c1-18-12-16-27(17-13-18)15-7-14-25-22(29)24(31)20-10-5-6-11-21(20)26-23(30)28(24)19-8-3-2-4-9-19/h2-6,8-11,18,31H,7,12-17H2,1H3,(H,25,29)(H,26,30)/p+1. The number of fused-ring (bicyclic) bond motifs is 1. The summed E-state index contributed by atoms with van der Waals surface area (Å²) in [5.41, 5.74) is -0.900. The van der Waals surface area contributed by atoms with Crippen LogP contribution in [-0.2, 0) is 10.5 Å². The van der Waals surface area contributed by atoms with Crippen molar-refractivity contribution in [2.45, 2.75) is 31.9 Å². The highest BCUT2D eigenvalue weighted by Gasteiger charge is 2.51. The minimum atomic E-state index is -2.13. The molecule has 31 heavy (non-hydrogen) atoms. The Morgan fingerprint density at radius 1 is 1.16 bits per heavy atom. The quantitative estimate of drug-likeness (QED) is 0.534. The van der Waals surface area contributed by atoms with E-state index in [2.05, 4.69) is 17.6 Å². The summed E-state index contributed by atoms with van der Waals surface area (Å²) < 4.78 is 0. The fraction of sp³-hybridized carbons (Fsp3) is 0.417. The molecule has 2 heterocycles. The lowest BCUT2D eigenvalue weighted by Gasteiger charge is -2.42. The number of anilines is 2. The van der Waals surface area contributed by atoms with E-state index in [0.717, 1.165) is 23.8 Å². The lowest BCUT2D eigenvalue weighted by Crippen LogP contribution is -3.13. The molecule has 2 aliphatic heterocycles. The number of carbonyl (C=O) groups excluding carboxylic acids is 2. The van der Waals surface area contributed by atoms with E-state index in [9.17, 15) is 14.7 Å². The Morgan fingerprint density at radius 3 is 2.58 bits per heavy atom. The van der Waals surface area contributed by atoms with Crippen LogP contribution in [0.5, 0.6) is 0 Å². The average Bonchev–Trinajstić information content (AvgIpc) is 2.78. The van der Waals surface area contributed by atoms with Gasteiger partial charge in [-0.25, -0.2) is 4.79 Å². The Balaban J connectivity index is 1.51. The number of para-hydroxylation sites is 2. The van der Waals surface area contributed by atoms with E-state index in [1.165, 1.54) is 25.9 Å². The number of nitrogens with zero attached hydrogens (tertiary/aromatic N) is 1. The van der Waals surface area contributed by atoms with E-state index >= 15 is 0 Å². The molecule has 0 aliphatic carbocycles. The number of carbonyl (C=O) groups is 2. The number of quaternary nitrogens is 1. The van der Waals surface area contributed by atoms with Crippen molar-refractivity contribution < 1.29 is 19.6 Å². The molecule has 1 saturated heterocycles. The van der Waals surface area contributed by atoms with Crippen LogP contribution in [-0.4, -0.2) is 43.2 Å². The van der Waals surface area contributed by atoms with Gasteiger partial charge in [0.05, 0.1) is 25.3 Å². The molecular weight excluding hydrogens is 392 g/mol. The maximum absolute atomic E-state index is 13.3. The lowest BCUT2D eigenvalue weighted by molar-refractivity contribution is -0.906. The van der Waals surface area contributed by atoms with E-state index in [1.54, 1.807) is 53.4 Å². The summed E-state index contributed by atoms with van der Waals surface area (Å²) in [7, 11) is 0. The minimum absolute atomic E-state index is 0.353. The first-order chi connectivity index (χ1) is 15.0. The molecule has 0 saturated carbocycles. The summed E-state index contributed by atoms with van der Waals surface area (Å²) in [5, 5.41) is 17.4. The zero-order valence-electron chi connectivity index (χ0n) is 17.9. The predicted molar refractivity (Wildman–Crippen MR) is 120 cm³/mol. The van der Waals surface area contributed by atoms with E-state index in [4.69, 9.17) is 0 Å². The van der Waals surface area contributed by atoms with Gasteiger partial charge in [0, 0.05) is 24.2 Å². The number of urea groups is 1. The number of hydrogen-bond donors (Lipinski definition) is 4. The largest absolute Gasteiger partial charge is 0.359 e. The van der Waals surface area contributed by atoms with E-state index in [1.807, 2.05) is 6.07 Å². The molecule has 1 unspecified atom stereocenters. The zero-order valence-corrected chi connectivity index (χ0v) is 17.9. The van der Waals surface area contributed by atoms with Gasteiger partial charge in [0.25, 0.3) is 11.6 Å². The molecule has 4 N–H and O–H groups in total. The van der Waals surface area contributed by atoms with Gasteiger partial charge in [-0.1, -0.05) is 43.3 Å². The molecule has 2 aromatic rings. The fourth-order valence-electron chi connectivity index (χ4n) is 4.52. The van der Waals surface area contributed by atoms with Crippen LogP contribution in [0.2, 0.25) is 0 Å². The molecule has 0 aromatic heterocycles. The number of aliphatic hydroxyl groups is 1. The topological polar surface area (TPSA) is 86.1 Å². The van der Waals surface area contributed by atoms with Crippen LogP contribution in [0, 0.1) is 5.92 Å². The number of piperidine rings is 1. The molecule has 7 heteroatoms. The number of benzene rings is 2. The van der Waals surface area contributed by atoms with Crippen molar-refractivity contribution in [3.63, 3.8) is 0 Å². The van der Waals surface area contributed by atoms with E-state index in [-0.39, 0.29) is 0 Å². The van der Waals surface area contributed by atoms with Gasteiger partial charge in [-0.2, -0.15) is 0 Å². The third kappa shape index (κ3) is 4.29. The van der Waals surface area contributed by atoms with Gasteiger partial charge in [0.1, 0.15) is 0 Å². The highest BCUT2D eigenvalue weighted by molar-refractivity contribution is 6.11. The number of nitrogens with one attached hydrogen (secondary N) is 3. The second kappa shape index (κ2) is 9.08. The third-order valence-corrected chi connectivity index (χ3v) is 6.38. The van der Waals surface area contributed by atoms with Crippen molar-refractivity contribution in [2.24, 2.45) is 5.92 Å². The minimum Gasteiger partial charge on any atom is -0.359 e. The number of amides is 3. The Morgan fingerprint density at radius 2 is 1.84 bits per heavy atom.